The molecule has 4 rings (SSSR count). The van der Waals surface area contributed by atoms with E-state index in [9.17, 15) is 13.6 Å². The number of amides is 1. The van der Waals surface area contributed by atoms with Crippen molar-refractivity contribution in [1.82, 2.24) is 14.8 Å². The van der Waals surface area contributed by atoms with Gasteiger partial charge in [0.15, 0.2) is 5.65 Å². The standard InChI is InChI=1S/C21H22F2N4O/c1-11-18-14(20(28)25-16-8-7-13(22)9-15(16)23)10-17(12-5-6-12)24-19(18)27(26-11)21(2,3)4/h7-10,12H,5-6H2,1-4H3,(H,25,28). The van der Waals surface area contributed by atoms with Gasteiger partial charge in [0, 0.05) is 17.7 Å². The van der Waals surface area contributed by atoms with Crippen molar-refractivity contribution in [3.63, 3.8) is 0 Å². The third-order valence-corrected chi connectivity index (χ3v) is 4.89. The van der Waals surface area contributed by atoms with Crippen LogP contribution in [0.3, 0.4) is 0 Å². The molecule has 0 unspecified atom stereocenters. The molecule has 1 fully saturated rings. The lowest BCUT2D eigenvalue weighted by Gasteiger charge is -2.20. The second-order valence-corrected chi connectivity index (χ2v) is 8.31. The van der Waals surface area contributed by atoms with Gasteiger partial charge in [-0.3, -0.25) is 4.79 Å². The molecule has 5 nitrogen and oxygen atoms in total. The van der Waals surface area contributed by atoms with Gasteiger partial charge in [-0.15, -0.1) is 0 Å². The minimum absolute atomic E-state index is 0.0646. The number of aromatic nitrogens is 3. The van der Waals surface area contributed by atoms with E-state index in [0.29, 0.717) is 28.2 Å². The summed E-state index contributed by atoms with van der Waals surface area (Å²) in [5, 5.41) is 7.83. The van der Waals surface area contributed by atoms with Crippen LogP contribution in [0.2, 0.25) is 0 Å². The summed E-state index contributed by atoms with van der Waals surface area (Å²) in [6, 6.07) is 4.85. The highest BCUT2D eigenvalue weighted by atomic mass is 19.1. The second-order valence-electron chi connectivity index (χ2n) is 8.31. The smallest absolute Gasteiger partial charge is 0.256 e. The highest BCUT2D eigenvalue weighted by molar-refractivity contribution is 6.12. The third kappa shape index (κ3) is 3.25. The molecule has 2 heterocycles. The monoisotopic (exact) mass is 384 g/mol. The van der Waals surface area contributed by atoms with Crippen molar-refractivity contribution in [3.05, 3.63) is 52.9 Å². The summed E-state index contributed by atoms with van der Waals surface area (Å²) in [4.78, 5) is 17.8. The van der Waals surface area contributed by atoms with Gasteiger partial charge in [0.1, 0.15) is 11.6 Å². The number of halogens is 2. The fraction of sp³-hybridized carbons (Fsp3) is 0.381. The van der Waals surface area contributed by atoms with Crippen molar-refractivity contribution in [2.45, 2.75) is 52.0 Å². The molecule has 0 atom stereocenters. The molecular weight excluding hydrogens is 362 g/mol. The lowest BCUT2D eigenvalue weighted by Crippen LogP contribution is -2.24. The number of hydrogen-bond acceptors (Lipinski definition) is 3. The number of nitrogens with zero attached hydrogens (tertiary/aromatic N) is 3. The molecule has 1 aliphatic rings. The third-order valence-electron chi connectivity index (χ3n) is 4.89. The number of rotatable bonds is 3. The summed E-state index contributed by atoms with van der Waals surface area (Å²) in [5.41, 5.74) is 2.22. The van der Waals surface area contributed by atoms with Gasteiger partial charge >= 0.3 is 0 Å². The summed E-state index contributed by atoms with van der Waals surface area (Å²) >= 11 is 0. The topological polar surface area (TPSA) is 59.8 Å². The van der Waals surface area contributed by atoms with E-state index in [1.165, 1.54) is 6.07 Å². The summed E-state index contributed by atoms with van der Waals surface area (Å²) in [5.74, 6) is -1.64. The number of pyridine rings is 1. The molecule has 146 valence electrons. The largest absolute Gasteiger partial charge is 0.319 e. The van der Waals surface area contributed by atoms with Crippen molar-refractivity contribution in [1.29, 1.82) is 0 Å². The van der Waals surface area contributed by atoms with Crippen LogP contribution in [0.15, 0.2) is 24.3 Å². The molecule has 2 aromatic heterocycles. The molecule has 1 saturated carbocycles. The van der Waals surface area contributed by atoms with Crippen LogP contribution in [0.5, 0.6) is 0 Å². The van der Waals surface area contributed by atoms with E-state index < -0.39 is 17.5 Å². The zero-order chi connectivity index (χ0) is 20.2. The Kier molecular flexibility index (Phi) is 4.21. The minimum Gasteiger partial charge on any atom is -0.319 e. The number of aryl methyl sites for hydroxylation is 1. The number of benzene rings is 1. The zero-order valence-electron chi connectivity index (χ0n) is 16.3. The van der Waals surface area contributed by atoms with Gasteiger partial charge in [0.25, 0.3) is 5.91 Å². The maximum Gasteiger partial charge on any atom is 0.256 e. The number of carbonyl (C=O) groups excluding carboxylic acids is 1. The molecular formula is C21H22F2N4O. The quantitative estimate of drug-likeness (QED) is 0.698. The van der Waals surface area contributed by atoms with Crippen LogP contribution >= 0.6 is 0 Å². The Morgan fingerprint density at radius 2 is 1.93 bits per heavy atom. The first-order valence-corrected chi connectivity index (χ1v) is 9.32. The fourth-order valence-corrected chi connectivity index (χ4v) is 3.32. The van der Waals surface area contributed by atoms with E-state index >= 15 is 0 Å². The maximum absolute atomic E-state index is 14.0. The van der Waals surface area contributed by atoms with Crippen LogP contribution in [0.4, 0.5) is 14.5 Å². The Morgan fingerprint density at radius 1 is 1.21 bits per heavy atom. The molecule has 28 heavy (non-hydrogen) atoms. The molecule has 0 aliphatic heterocycles. The minimum atomic E-state index is -0.817. The van der Waals surface area contributed by atoms with Crippen LogP contribution in [0, 0.1) is 18.6 Å². The molecule has 1 N–H and O–H groups in total. The SMILES string of the molecule is Cc1nn(C(C)(C)C)c2nc(C3CC3)cc(C(=O)Nc3ccc(F)cc3F)c12. The van der Waals surface area contributed by atoms with Crippen LogP contribution < -0.4 is 5.32 Å². The number of anilines is 1. The van der Waals surface area contributed by atoms with Crippen LogP contribution in [-0.2, 0) is 5.54 Å². The van der Waals surface area contributed by atoms with E-state index in [-0.39, 0.29) is 11.2 Å². The Balaban J connectivity index is 1.85. The predicted octanol–water partition coefficient (Wildman–Crippen LogP) is 4.90. The van der Waals surface area contributed by atoms with E-state index in [1.54, 1.807) is 6.07 Å². The normalized spacial score (nSPS) is 14.5. The summed E-state index contributed by atoms with van der Waals surface area (Å²) < 4.78 is 29.0. The van der Waals surface area contributed by atoms with Gasteiger partial charge in [-0.25, -0.2) is 18.4 Å². The molecule has 1 aromatic carbocycles. The lowest BCUT2D eigenvalue weighted by molar-refractivity contribution is 0.102. The average molecular weight is 384 g/mol. The zero-order valence-corrected chi connectivity index (χ0v) is 16.3. The molecule has 0 spiro atoms. The van der Waals surface area contributed by atoms with Crippen molar-refractivity contribution < 1.29 is 13.6 Å². The Labute approximate surface area is 161 Å². The summed E-state index contributed by atoms with van der Waals surface area (Å²) in [6.45, 7) is 7.91. The molecule has 1 amide bonds. The predicted molar refractivity (Wildman–Crippen MR) is 104 cm³/mol. The molecule has 3 aromatic rings. The van der Waals surface area contributed by atoms with Gasteiger partial charge in [-0.05, 0) is 58.7 Å². The summed E-state index contributed by atoms with van der Waals surface area (Å²) in [6.07, 6.45) is 2.07. The van der Waals surface area contributed by atoms with E-state index in [2.05, 4.69) is 10.4 Å². The van der Waals surface area contributed by atoms with E-state index in [0.717, 1.165) is 30.7 Å². The maximum atomic E-state index is 14.0. The second kappa shape index (κ2) is 6.36. The molecule has 0 saturated heterocycles. The summed E-state index contributed by atoms with van der Waals surface area (Å²) in [7, 11) is 0. The number of hydrogen-bond donors (Lipinski definition) is 1. The van der Waals surface area contributed by atoms with E-state index in [1.807, 2.05) is 32.4 Å². The number of carbonyl (C=O) groups is 1. The molecule has 0 radical (unpaired) electrons. The Morgan fingerprint density at radius 3 is 2.54 bits per heavy atom. The van der Waals surface area contributed by atoms with Crippen molar-refractivity contribution >= 4 is 22.6 Å². The first kappa shape index (κ1) is 18.5. The van der Waals surface area contributed by atoms with Gasteiger partial charge in [-0.2, -0.15) is 5.10 Å². The Bertz CT molecular complexity index is 1090. The average Bonchev–Trinajstić information content (AvgIpc) is 3.40. The fourth-order valence-electron chi connectivity index (χ4n) is 3.32. The highest BCUT2D eigenvalue weighted by Gasteiger charge is 2.30. The Hall–Kier alpha value is -2.83. The van der Waals surface area contributed by atoms with Crippen molar-refractivity contribution in [2.24, 2.45) is 0 Å². The van der Waals surface area contributed by atoms with Crippen molar-refractivity contribution in [3.8, 4) is 0 Å². The van der Waals surface area contributed by atoms with E-state index in [4.69, 9.17) is 4.98 Å². The van der Waals surface area contributed by atoms with Crippen LogP contribution in [0.25, 0.3) is 11.0 Å². The van der Waals surface area contributed by atoms with Crippen LogP contribution in [-0.4, -0.2) is 20.7 Å². The number of nitrogens with one attached hydrogen (secondary N) is 1. The molecule has 0 bridgehead atoms. The van der Waals surface area contributed by atoms with Gasteiger partial charge in [0.05, 0.1) is 27.9 Å². The highest BCUT2D eigenvalue weighted by Crippen LogP contribution is 2.41. The lowest BCUT2D eigenvalue weighted by atomic mass is 10.1. The first-order valence-electron chi connectivity index (χ1n) is 9.32. The molecule has 1 aliphatic carbocycles. The number of fused-ring (bicyclic) bond motifs is 1. The van der Waals surface area contributed by atoms with Gasteiger partial charge in [0.2, 0.25) is 0 Å². The molecule has 7 heteroatoms. The first-order chi connectivity index (χ1) is 13.1. The van der Waals surface area contributed by atoms with Crippen LogP contribution in [0.1, 0.15) is 61.3 Å². The van der Waals surface area contributed by atoms with Gasteiger partial charge in [-0.1, -0.05) is 0 Å². The van der Waals surface area contributed by atoms with Gasteiger partial charge < -0.3 is 5.32 Å². The van der Waals surface area contributed by atoms with Crippen molar-refractivity contribution in [2.75, 3.05) is 5.32 Å².